The summed E-state index contributed by atoms with van der Waals surface area (Å²) in [6.07, 6.45) is 1.90. The van der Waals surface area contributed by atoms with E-state index in [0.29, 0.717) is 53.5 Å². The lowest BCUT2D eigenvalue weighted by Crippen LogP contribution is -2.72. The van der Waals surface area contributed by atoms with Crippen LogP contribution in [0, 0.1) is 68.0 Å². The number of carbonyl (C=O) groups is 4. The van der Waals surface area contributed by atoms with Gasteiger partial charge in [-0.1, -0.05) is 87.4 Å². The number of fused-ring (bicyclic) bond motifs is 8. The number of ether oxygens (including phenoxy) is 6. The highest BCUT2D eigenvalue weighted by Gasteiger charge is 2.74. The fraction of sp³-hybridized carbons (Fsp3) is 0.470. The molecule has 3 aromatic carbocycles. The molecule has 4 saturated carbocycles. The number of nitriles is 2. The van der Waals surface area contributed by atoms with E-state index in [-0.39, 0.29) is 71.3 Å². The van der Waals surface area contributed by atoms with Gasteiger partial charge in [0.2, 0.25) is 0 Å². The Morgan fingerprint density at radius 2 is 1.00 bits per heavy atom. The quantitative estimate of drug-likeness (QED) is 0.0418. The van der Waals surface area contributed by atoms with Crippen molar-refractivity contribution in [2.45, 2.75) is 186 Å². The number of hydrogen-bond donors (Lipinski definition) is 3. The second-order valence-electron chi connectivity index (χ2n) is 33.0. The molecular formula is C83H91FN4O18Si. The van der Waals surface area contributed by atoms with Crippen molar-refractivity contribution in [3.63, 3.8) is 0 Å². The normalized spacial score (nSPS) is 30.4. The van der Waals surface area contributed by atoms with Gasteiger partial charge in [-0.25, -0.2) is 24.0 Å². The number of nitrogens with zero attached hydrogens (tertiary/aromatic N) is 4. The maximum Gasteiger partial charge on any atom is 0.394 e. The summed E-state index contributed by atoms with van der Waals surface area (Å²) in [7, 11) is -4.02. The van der Waals surface area contributed by atoms with Gasteiger partial charge in [0, 0.05) is 87.7 Å². The molecule has 6 aliphatic rings. The summed E-state index contributed by atoms with van der Waals surface area (Å²) in [6.45, 7) is 23.3. The molecule has 13 rings (SSSR count). The molecule has 4 aromatic heterocycles. The van der Waals surface area contributed by atoms with E-state index >= 15 is 4.11 Å². The highest BCUT2D eigenvalue weighted by Crippen LogP contribution is 2.70. The van der Waals surface area contributed by atoms with E-state index in [9.17, 15) is 54.6 Å². The summed E-state index contributed by atoms with van der Waals surface area (Å²) >= 11 is 0. The van der Waals surface area contributed by atoms with Crippen molar-refractivity contribution in [2.24, 2.45) is 45.3 Å². The van der Waals surface area contributed by atoms with Gasteiger partial charge >= 0.3 is 43.8 Å². The van der Waals surface area contributed by atoms with E-state index in [1.807, 2.05) is 81.4 Å². The lowest BCUT2D eigenvalue weighted by atomic mass is 9.42. The zero-order valence-corrected chi connectivity index (χ0v) is 63.3. The molecule has 0 bridgehead atoms. The molecule has 0 radical (unpaired) electrons. The van der Waals surface area contributed by atoms with Crippen molar-refractivity contribution in [3.8, 4) is 46.3 Å². The monoisotopic (exact) mass is 1480 g/mol. The number of aliphatic hydroxyl groups excluding tert-OH is 3. The zero-order valence-electron chi connectivity index (χ0n) is 62.3. The van der Waals surface area contributed by atoms with Gasteiger partial charge in [0.1, 0.15) is 70.3 Å². The van der Waals surface area contributed by atoms with Gasteiger partial charge in [-0.15, -0.1) is 0 Å². The maximum atomic E-state index is 17.5. The van der Waals surface area contributed by atoms with Crippen LogP contribution in [0.4, 0.5) is 4.11 Å². The fourth-order valence-corrected chi connectivity index (χ4v) is 23.0. The van der Waals surface area contributed by atoms with E-state index in [2.05, 4.69) is 9.97 Å². The molecule has 0 saturated heterocycles. The third-order valence-electron chi connectivity index (χ3n) is 24.5. The molecule has 107 heavy (non-hydrogen) atoms. The molecule has 7 aromatic rings. The lowest BCUT2D eigenvalue weighted by molar-refractivity contribution is -0.265. The Kier molecular flexibility index (Phi) is 20.5. The van der Waals surface area contributed by atoms with Gasteiger partial charge in [0.15, 0.2) is 0 Å². The summed E-state index contributed by atoms with van der Waals surface area (Å²) in [5, 5.41) is 53.3. The van der Waals surface area contributed by atoms with Crippen LogP contribution in [0.3, 0.4) is 0 Å². The number of aliphatic hydroxyl groups is 3. The Balaban J connectivity index is 0.000000200. The molecular weight excluding hydrogens is 1390 g/mol. The van der Waals surface area contributed by atoms with Gasteiger partial charge in [0.05, 0.1) is 64.9 Å². The third-order valence-corrected chi connectivity index (χ3v) is 28.9. The smallest absolute Gasteiger partial charge is 0.394 e. The van der Waals surface area contributed by atoms with Crippen molar-refractivity contribution in [3.05, 3.63) is 200 Å². The number of esters is 4. The largest absolute Gasteiger partial charge is 0.482 e. The maximum absolute atomic E-state index is 17.5. The second kappa shape index (κ2) is 28.5. The topological polar surface area (TPSA) is 327 Å². The number of pyridine rings is 2. The predicted octanol–water partition coefficient (Wildman–Crippen LogP) is 14.0. The van der Waals surface area contributed by atoms with Crippen molar-refractivity contribution in [2.75, 3.05) is 13.2 Å². The van der Waals surface area contributed by atoms with Gasteiger partial charge < -0.3 is 57.0 Å². The van der Waals surface area contributed by atoms with Crippen LogP contribution >= 0.6 is 0 Å². The minimum atomic E-state index is -4.02. The first-order chi connectivity index (χ1) is 50.4. The van der Waals surface area contributed by atoms with Crippen LogP contribution in [0.2, 0.25) is 10.1 Å². The van der Waals surface area contributed by atoms with Crippen molar-refractivity contribution in [1.29, 1.82) is 10.5 Å². The van der Waals surface area contributed by atoms with Gasteiger partial charge in [-0.3, -0.25) is 18.9 Å². The molecule has 562 valence electrons. The Morgan fingerprint density at radius 1 is 0.579 bits per heavy atom. The van der Waals surface area contributed by atoms with E-state index in [0.717, 1.165) is 0 Å². The Hall–Kier alpha value is -9.69. The molecule has 4 aliphatic carbocycles. The molecule has 2 aliphatic heterocycles. The molecule has 3 N–H and O–H groups in total. The number of aromatic nitrogens is 2. The number of benzene rings is 3. The highest BCUT2D eigenvalue weighted by atomic mass is 28.4. The number of hydrogen-bond acceptors (Lipinski definition) is 22. The molecule has 0 amide bonds. The van der Waals surface area contributed by atoms with E-state index in [4.69, 9.17) is 41.7 Å². The second-order valence-corrected chi connectivity index (χ2v) is 37.4. The Bertz CT molecular complexity index is 4740. The van der Waals surface area contributed by atoms with Crippen LogP contribution in [0.5, 0.6) is 11.5 Å². The first-order valence-electron chi connectivity index (χ1n) is 36.1. The van der Waals surface area contributed by atoms with Crippen LogP contribution < -0.4 is 20.7 Å². The molecule has 4 unspecified atom stereocenters. The zero-order chi connectivity index (χ0) is 77.4. The SMILES string of the molecule is CC(=O)O[C@H]1CC[C@@]2(C)C(C[C@H](OC(=O)c3ccc(C#N)cc3)[C@@]3(C)Oc4cc(-c5cccnc5)oc(=O)c4[C@H](O)C23)[C@]1(C)COC(=O)c1ccccc1.CC(C)(C)[Si](F)(O[C@H]1CC[C@@]2(C)C(C[C@H](OC(=O)c3ccc(C#N)cc3)[C@@]3(C)Oc4cc(-c5cccnc5)oc(=O)c4[C@H](O)C23)[C@]1(C)CO)C(C)(C)C. The average Bonchev–Trinajstić information content (AvgIpc) is 0.688. The van der Waals surface area contributed by atoms with Crippen molar-refractivity contribution < 1.29 is 80.3 Å². The average molecular weight is 1480 g/mol. The van der Waals surface area contributed by atoms with Gasteiger partial charge in [0.25, 0.3) is 0 Å². The number of halogens is 1. The van der Waals surface area contributed by atoms with Crippen LogP contribution in [-0.4, -0.2) is 107 Å². The number of carbonyl (C=O) groups excluding carboxylic acids is 4. The molecule has 16 atom stereocenters. The Labute approximate surface area is 621 Å². The molecule has 0 spiro atoms. The third kappa shape index (κ3) is 13.5. The number of rotatable bonds is 13. The first kappa shape index (κ1) is 76.9. The molecule has 4 fully saturated rings. The van der Waals surface area contributed by atoms with Crippen LogP contribution in [0.15, 0.2) is 158 Å². The summed E-state index contributed by atoms with van der Waals surface area (Å²) in [5.74, 6) is -4.57. The summed E-state index contributed by atoms with van der Waals surface area (Å²) in [5.41, 5.74) is -5.68. The van der Waals surface area contributed by atoms with Crippen molar-refractivity contribution in [1.82, 2.24) is 9.97 Å². The van der Waals surface area contributed by atoms with Crippen molar-refractivity contribution >= 4 is 32.5 Å². The Morgan fingerprint density at radius 3 is 1.39 bits per heavy atom. The van der Waals surface area contributed by atoms with Gasteiger partial charge in [-0.05, 0) is 160 Å². The lowest BCUT2D eigenvalue weighted by Gasteiger charge is -2.67. The minimum Gasteiger partial charge on any atom is -0.482 e. The molecule has 22 nitrogen and oxygen atoms in total. The van der Waals surface area contributed by atoms with Crippen LogP contribution in [0.25, 0.3) is 22.6 Å². The van der Waals surface area contributed by atoms with E-state index in [1.165, 1.54) is 67.7 Å². The van der Waals surface area contributed by atoms with Gasteiger partial charge in [-0.2, -0.15) is 10.5 Å². The fourth-order valence-electron chi connectivity index (χ4n) is 19.3. The predicted molar refractivity (Wildman–Crippen MR) is 390 cm³/mol. The van der Waals surface area contributed by atoms with Crippen LogP contribution in [-0.2, 0) is 28.2 Å². The van der Waals surface area contributed by atoms with E-state index < -0.39 is 147 Å². The first-order valence-corrected chi connectivity index (χ1v) is 37.9. The summed E-state index contributed by atoms with van der Waals surface area (Å²) in [6, 6.07) is 34.7. The highest BCUT2D eigenvalue weighted by molar-refractivity contribution is 6.72. The summed E-state index contributed by atoms with van der Waals surface area (Å²) < 4.78 is 73.9. The minimum absolute atomic E-state index is 0.0427. The van der Waals surface area contributed by atoms with Crippen LogP contribution in [0.1, 0.15) is 194 Å². The molecule has 24 heteroatoms. The summed E-state index contributed by atoms with van der Waals surface area (Å²) in [4.78, 5) is 89.4. The standard InChI is InChI=1S/C42H40N2O10.C41H51FN2O8Si/c1-24(45)51-32-16-17-40(2)31(41(32,3)23-50-37(47)26-9-6-5-7-10-26)20-33(53-38(48)27-14-12-25(21-43)13-15-27)42(4)36(40)35(46)34-30(54-42)19-29(52-39(34)49)28-11-8-18-44-22-28;1-37(2,3)53(42,38(4,5)6)52-30-16-17-39(7)29(40(30,8)23-45)20-31(50-35(47)25-14-12-24(21-43)13-15-25)41(9)34(39)33(46)32-28(51-41)19-27(49-36(32)48)26-11-10-18-44-22-26/h5-15,18-19,22,31-33,35-36,46H,16-17,20,23H2,1-4H3;10-15,18-19,22,29-31,33-34,45-46H,16-17,20,23H2,1-9H3/t31?,32-,33-,35-,36?,40-,41-,42+;29?,30-,31-,33-,34?,39-,40-,41+/m00/s1. The molecule has 6 heterocycles. The van der Waals surface area contributed by atoms with E-state index in [1.54, 1.807) is 93.1 Å².